The molecule has 0 spiro atoms. The lowest BCUT2D eigenvalue weighted by molar-refractivity contribution is -0.137. The van der Waals surface area contributed by atoms with E-state index in [1.165, 1.54) is 6.07 Å². The predicted molar refractivity (Wildman–Crippen MR) is 72.1 cm³/mol. The van der Waals surface area contributed by atoms with Gasteiger partial charge in [-0.3, -0.25) is 4.79 Å². The van der Waals surface area contributed by atoms with Gasteiger partial charge >= 0.3 is 6.18 Å². The van der Waals surface area contributed by atoms with Gasteiger partial charge in [0.05, 0.1) is 16.3 Å². The van der Waals surface area contributed by atoms with E-state index in [0.29, 0.717) is 18.7 Å². The molecule has 1 aromatic carbocycles. The Labute approximate surface area is 120 Å². The molecule has 2 rings (SSSR count). The lowest BCUT2D eigenvalue weighted by Gasteiger charge is -2.39. The molecule has 1 aliphatic heterocycles. The van der Waals surface area contributed by atoms with Gasteiger partial charge in [-0.05, 0) is 25.1 Å². The fourth-order valence-corrected chi connectivity index (χ4v) is 2.75. The number of halogens is 4. The summed E-state index contributed by atoms with van der Waals surface area (Å²) in [5.41, 5.74) is -0.216. The van der Waals surface area contributed by atoms with Crippen molar-refractivity contribution in [2.75, 3.05) is 11.4 Å². The van der Waals surface area contributed by atoms with E-state index in [4.69, 9.17) is 11.6 Å². The van der Waals surface area contributed by atoms with Crippen LogP contribution in [-0.4, -0.2) is 18.4 Å². The Morgan fingerprint density at radius 1 is 1.30 bits per heavy atom. The van der Waals surface area contributed by atoms with Crippen LogP contribution in [0.25, 0.3) is 0 Å². The molecule has 2 unspecified atom stereocenters. The van der Waals surface area contributed by atoms with Crippen LogP contribution in [0.1, 0.15) is 25.8 Å². The molecule has 0 amide bonds. The first-order chi connectivity index (χ1) is 9.21. The number of Topliss-reactive ketones (excluding diaryl/α,β-unsaturated/α-hetero) is 1. The van der Waals surface area contributed by atoms with Crippen LogP contribution in [0, 0.1) is 5.92 Å². The summed E-state index contributed by atoms with van der Waals surface area (Å²) in [6.07, 6.45) is -4.01. The fraction of sp³-hybridized carbons (Fsp3) is 0.500. The van der Waals surface area contributed by atoms with E-state index in [1.54, 1.807) is 0 Å². The van der Waals surface area contributed by atoms with Crippen LogP contribution in [0.5, 0.6) is 0 Å². The molecule has 20 heavy (non-hydrogen) atoms. The highest BCUT2D eigenvalue weighted by Crippen LogP contribution is 2.37. The largest absolute Gasteiger partial charge is 0.416 e. The highest BCUT2D eigenvalue weighted by atomic mass is 35.5. The van der Waals surface area contributed by atoms with Crippen LogP contribution < -0.4 is 4.90 Å². The van der Waals surface area contributed by atoms with E-state index in [1.807, 2.05) is 18.7 Å². The Bertz CT molecular complexity index is 530. The van der Waals surface area contributed by atoms with Gasteiger partial charge in [-0.2, -0.15) is 13.2 Å². The molecule has 0 aliphatic carbocycles. The number of rotatable bonds is 1. The zero-order valence-corrected chi connectivity index (χ0v) is 11.9. The lowest BCUT2D eigenvalue weighted by atomic mass is 9.90. The van der Waals surface area contributed by atoms with Gasteiger partial charge in [0, 0.05) is 24.9 Å². The van der Waals surface area contributed by atoms with Crippen molar-refractivity contribution in [3.63, 3.8) is 0 Å². The smallest absolute Gasteiger partial charge is 0.366 e. The molecule has 1 fully saturated rings. The van der Waals surface area contributed by atoms with Crippen LogP contribution in [0.2, 0.25) is 5.02 Å². The highest BCUT2D eigenvalue weighted by Gasteiger charge is 2.34. The van der Waals surface area contributed by atoms with E-state index in [-0.39, 0.29) is 22.8 Å². The summed E-state index contributed by atoms with van der Waals surface area (Å²) in [7, 11) is 0. The van der Waals surface area contributed by atoms with Crippen LogP contribution in [-0.2, 0) is 11.0 Å². The summed E-state index contributed by atoms with van der Waals surface area (Å²) in [4.78, 5) is 13.5. The molecule has 110 valence electrons. The maximum Gasteiger partial charge on any atom is 0.416 e. The summed E-state index contributed by atoms with van der Waals surface area (Å²) in [6.45, 7) is 4.20. The molecule has 6 heteroatoms. The third kappa shape index (κ3) is 2.77. The van der Waals surface area contributed by atoms with Crippen LogP contribution in [0.4, 0.5) is 18.9 Å². The molecular formula is C14H15ClF3NO. The summed E-state index contributed by atoms with van der Waals surface area (Å²) in [6, 6.07) is 3.26. The van der Waals surface area contributed by atoms with Crippen molar-refractivity contribution in [1.82, 2.24) is 0 Å². The third-order valence-electron chi connectivity index (χ3n) is 3.91. The number of anilines is 1. The Morgan fingerprint density at radius 3 is 2.50 bits per heavy atom. The van der Waals surface area contributed by atoms with Gasteiger partial charge in [-0.1, -0.05) is 18.5 Å². The minimum atomic E-state index is -4.40. The molecule has 1 saturated heterocycles. The predicted octanol–water partition coefficient (Wildman–Crippen LogP) is 4.16. The van der Waals surface area contributed by atoms with Crippen LogP contribution >= 0.6 is 11.6 Å². The molecule has 0 radical (unpaired) electrons. The van der Waals surface area contributed by atoms with Crippen molar-refractivity contribution in [3.8, 4) is 0 Å². The third-order valence-corrected chi connectivity index (χ3v) is 4.21. The number of piperidine rings is 1. The first-order valence-electron chi connectivity index (χ1n) is 6.38. The second-order valence-corrected chi connectivity index (χ2v) is 5.51. The number of ketones is 1. The van der Waals surface area contributed by atoms with E-state index in [0.717, 1.165) is 12.1 Å². The second-order valence-electron chi connectivity index (χ2n) is 5.10. The normalized spacial score (nSPS) is 24.1. The first-order valence-corrected chi connectivity index (χ1v) is 6.75. The number of carbonyl (C=O) groups is 1. The zero-order chi connectivity index (χ0) is 15.1. The molecular weight excluding hydrogens is 291 g/mol. The van der Waals surface area contributed by atoms with E-state index in [2.05, 4.69) is 0 Å². The van der Waals surface area contributed by atoms with Gasteiger partial charge < -0.3 is 4.90 Å². The van der Waals surface area contributed by atoms with Crippen molar-refractivity contribution in [3.05, 3.63) is 28.8 Å². The molecule has 1 aromatic rings. The molecule has 1 heterocycles. The van der Waals surface area contributed by atoms with Gasteiger partial charge in [0.25, 0.3) is 0 Å². The minimum absolute atomic E-state index is 0.0632. The SMILES string of the molecule is CC1C(=O)CCN(c2ccc(C(F)(F)F)cc2Cl)C1C. The van der Waals surface area contributed by atoms with Crippen LogP contribution in [0.15, 0.2) is 18.2 Å². The average Bonchev–Trinajstić information content (AvgIpc) is 2.36. The van der Waals surface area contributed by atoms with Crippen molar-refractivity contribution in [2.24, 2.45) is 5.92 Å². The van der Waals surface area contributed by atoms with Crippen LogP contribution in [0.3, 0.4) is 0 Å². The van der Waals surface area contributed by atoms with E-state index >= 15 is 0 Å². The molecule has 1 aliphatic rings. The molecule has 0 aromatic heterocycles. The van der Waals surface area contributed by atoms with Crippen molar-refractivity contribution in [2.45, 2.75) is 32.5 Å². The topological polar surface area (TPSA) is 20.3 Å². The number of alkyl halides is 3. The Balaban J connectivity index is 2.32. The minimum Gasteiger partial charge on any atom is -0.366 e. The van der Waals surface area contributed by atoms with Gasteiger partial charge in [-0.15, -0.1) is 0 Å². The summed E-state index contributed by atoms with van der Waals surface area (Å²) < 4.78 is 37.8. The highest BCUT2D eigenvalue weighted by molar-refractivity contribution is 6.33. The number of hydrogen-bond donors (Lipinski definition) is 0. The first kappa shape index (κ1) is 15.2. The monoisotopic (exact) mass is 305 g/mol. The van der Waals surface area contributed by atoms with Crippen molar-refractivity contribution < 1.29 is 18.0 Å². The standard InChI is InChI=1S/C14H15ClF3NO/c1-8-9(2)19(6-5-13(8)20)12-4-3-10(7-11(12)15)14(16,17)18/h3-4,7-9H,5-6H2,1-2H3. The molecule has 2 atom stereocenters. The maximum atomic E-state index is 12.6. The van der Waals surface area contributed by atoms with E-state index < -0.39 is 11.7 Å². The number of carbonyl (C=O) groups excluding carboxylic acids is 1. The van der Waals surface area contributed by atoms with E-state index in [9.17, 15) is 18.0 Å². The number of benzene rings is 1. The van der Waals surface area contributed by atoms with Gasteiger partial charge in [0.15, 0.2) is 0 Å². The zero-order valence-electron chi connectivity index (χ0n) is 11.2. The van der Waals surface area contributed by atoms with Gasteiger partial charge in [0.1, 0.15) is 5.78 Å². The molecule has 0 saturated carbocycles. The molecule has 0 bridgehead atoms. The maximum absolute atomic E-state index is 12.6. The van der Waals surface area contributed by atoms with Gasteiger partial charge in [-0.25, -0.2) is 0 Å². The molecule has 0 N–H and O–H groups in total. The number of nitrogens with zero attached hydrogens (tertiary/aromatic N) is 1. The summed E-state index contributed by atoms with van der Waals surface area (Å²) >= 11 is 5.99. The summed E-state index contributed by atoms with van der Waals surface area (Å²) in [5.74, 6) is 0.0268. The van der Waals surface area contributed by atoms with Crippen molar-refractivity contribution >= 4 is 23.1 Å². The Kier molecular flexibility index (Phi) is 4.00. The second kappa shape index (κ2) is 5.28. The molecule has 2 nitrogen and oxygen atoms in total. The van der Waals surface area contributed by atoms with Crippen molar-refractivity contribution in [1.29, 1.82) is 0 Å². The Hall–Kier alpha value is -1.23. The quantitative estimate of drug-likeness (QED) is 0.776. The fourth-order valence-electron chi connectivity index (χ4n) is 2.46. The Morgan fingerprint density at radius 2 is 1.95 bits per heavy atom. The van der Waals surface area contributed by atoms with Gasteiger partial charge in [0.2, 0.25) is 0 Å². The summed E-state index contributed by atoms with van der Waals surface area (Å²) in [5, 5.41) is 0.0632. The number of hydrogen-bond acceptors (Lipinski definition) is 2. The lowest BCUT2D eigenvalue weighted by Crippen LogP contribution is -2.47. The average molecular weight is 306 g/mol.